The van der Waals surface area contributed by atoms with E-state index in [9.17, 15) is 14.4 Å². The van der Waals surface area contributed by atoms with Gasteiger partial charge in [-0.25, -0.2) is 0 Å². The lowest BCUT2D eigenvalue weighted by atomic mass is 9.92. The number of aliphatic carboxylic acids is 1. The number of rotatable bonds is 6. The minimum Gasteiger partial charge on any atom is -0.497 e. The van der Waals surface area contributed by atoms with Crippen LogP contribution in [0.2, 0.25) is 0 Å². The number of methoxy groups -OCH3 is 2. The molecule has 0 unspecified atom stereocenters. The summed E-state index contributed by atoms with van der Waals surface area (Å²) in [4.78, 5) is 37.6. The van der Waals surface area contributed by atoms with Crippen LogP contribution < -0.4 is 9.47 Å². The number of amides is 2. The summed E-state index contributed by atoms with van der Waals surface area (Å²) in [6.45, 7) is -0.194. The van der Waals surface area contributed by atoms with E-state index in [2.05, 4.69) is 0 Å². The van der Waals surface area contributed by atoms with Crippen LogP contribution in [0.1, 0.15) is 27.9 Å². The van der Waals surface area contributed by atoms with Crippen LogP contribution in [0, 0.1) is 0 Å². The predicted molar refractivity (Wildman–Crippen MR) is 102 cm³/mol. The molecule has 1 aliphatic rings. The van der Waals surface area contributed by atoms with Crippen LogP contribution in [0.15, 0.2) is 42.5 Å². The Hall–Kier alpha value is -3.61. The first kappa shape index (κ1) is 19.2. The van der Waals surface area contributed by atoms with Gasteiger partial charge < -0.3 is 14.6 Å². The van der Waals surface area contributed by atoms with E-state index in [1.807, 2.05) is 0 Å². The second-order valence-corrected chi connectivity index (χ2v) is 6.16. The number of carboxylic acid groups (broad SMARTS) is 1. The molecule has 144 valence electrons. The lowest BCUT2D eigenvalue weighted by Gasteiger charge is -2.28. The van der Waals surface area contributed by atoms with Gasteiger partial charge in [-0.1, -0.05) is 18.2 Å². The molecule has 0 bridgehead atoms. The van der Waals surface area contributed by atoms with Gasteiger partial charge >= 0.3 is 5.97 Å². The van der Waals surface area contributed by atoms with Crippen LogP contribution in [0.25, 0.3) is 11.6 Å². The molecule has 1 heterocycles. The Kier molecular flexibility index (Phi) is 5.44. The molecule has 0 aromatic heterocycles. The Balaban J connectivity index is 2.11. The van der Waals surface area contributed by atoms with Crippen LogP contribution in [0.5, 0.6) is 11.5 Å². The van der Waals surface area contributed by atoms with Crippen LogP contribution in [0.3, 0.4) is 0 Å². The molecule has 1 aliphatic heterocycles. The number of hydrogen-bond acceptors (Lipinski definition) is 5. The quantitative estimate of drug-likeness (QED) is 0.611. The Morgan fingerprint density at radius 3 is 2.18 bits per heavy atom. The molecule has 0 saturated heterocycles. The van der Waals surface area contributed by atoms with Gasteiger partial charge in [0.2, 0.25) is 0 Å². The Morgan fingerprint density at radius 2 is 1.61 bits per heavy atom. The van der Waals surface area contributed by atoms with Crippen molar-refractivity contribution < 1.29 is 29.0 Å². The third-order valence-corrected chi connectivity index (χ3v) is 4.40. The van der Waals surface area contributed by atoms with Gasteiger partial charge in [-0.2, -0.15) is 0 Å². The van der Waals surface area contributed by atoms with E-state index in [0.29, 0.717) is 33.8 Å². The molecule has 3 rings (SSSR count). The number of imide groups is 1. The average Bonchev–Trinajstić information content (AvgIpc) is 2.70. The van der Waals surface area contributed by atoms with Gasteiger partial charge in [-0.15, -0.1) is 0 Å². The van der Waals surface area contributed by atoms with Crippen LogP contribution >= 0.6 is 0 Å². The minimum absolute atomic E-state index is 0.194. The summed E-state index contributed by atoms with van der Waals surface area (Å²) in [6.07, 6.45) is 1.33. The van der Waals surface area contributed by atoms with Crippen molar-refractivity contribution in [2.75, 3.05) is 20.8 Å². The number of ether oxygens (including phenoxy) is 2. The fourth-order valence-electron chi connectivity index (χ4n) is 3.03. The van der Waals surface area contributed by atoms with E-state index in [1.54, 1.807) is 48.5 Å². The molecule has 1 N–H and O–H groups in total. The Labute approximate surface area is 161 Å². The van der Waals surface area contributed by atoms with Crippen molar-refractivity contribution in [3.63, 3.8) is 0 Å². The molecule has 0 atom stereocenters. The van der Waals surface area contributed by atoms with Crippen LogP contribution in [-0.4, -0.2) is 48.6 Å². The van der Waals surface area contributed by atoms with Crippen molar-refractivity contribution in [2.45, 2.75) is 6.42 Å². The van der Waals surface area contributed by atoms with E-state index >= 15 is 0 Å². The maximum atomic E-state index is 13.0. The first-order chi connectivity index (χ1) is 13.4. The maximum absolute atomic E-state index is 13.0. The van der Waals surface area contributed by atoms with Crippen molar-refractivity contribution >= 4 is 29.4 Å². The normalized spacial score (nSPS) is 14.8. The lowest BCUT2D eigenvalue weighted by molar-refractivity contribution is -0.137. The standard InChI is InChI=1S/C21H19NO6/c1-27-14-9-13(10-15(12-14)28-2)11-18-16-5-3-4-6-17(16)20(25)22(21(18)26)8-7-19(23)24/h3-6,9-12H,7-8H2,1-2H3,(H,23,24)/b18-11-. The molecule has 2 amide bonds. The molecule has 7 heteroatoms. The lowest BCUT2D eigenvalue weighted by Crippen LogP contribution is -2.42. The molecule has 28 heavy (non-hydrogen) atoms. The zero-order chi connectivity index (χ0) is 20.3. The van der Waals surface area contributed by atoms with Crippen molar-refractivity contribution in [3.8, 4) is 11.5 Å². The topological polar surface area (TPSA) is 93.1 Å². The Bertz CT molecular complexity index is 956. The first-order valence-corrected chi connectivity index (χ1v) is 8.56. The molecule has 0 fully saturated rings. The fraction of sp³-hybridized carbons (Fsp3) is 0.190. The molecule has 0 spiro atoms. The third-order valence-electron chi connectivity index (χ3n) is 4.40. The average molecular weight is 381 g/mol. The van der Waals surface area contributed by atoms with Gasteiger partial charge in [-0.05, 0) is 35.4 Å². The van der Waals surface area contributed by atoms with Crippen molar-refractivity contribution in [3.05, 3.63) is 59.2 Å². The summed E-state index contributed by atoms with van der Waals surface area (Å²) in [5.41, 5.74) is 1.82. The highest BCUT2D eigenvalue weighted by Crippen LogP contribution is 2.32. The van der Waals surface area contributed by atoms with Gasteiger partial charge in [0.05, 0.1) is 20.6 Å². The summed E-state index contributed by atoms with van der Waals surface area (Å²) >= 11 is 0. The van der Waals surface area contributed by atoms with E-state index in [-0.39, 0.29) is 13.0 Å². The van der Waals surface area contributed by atoms with Gasteiger partial charge in [0.25, 0.3) is 11.8 Å². The van der Waals surface area contributed by atoms with Crippen LogP contribution in [0.4, 0.5) is 0 Å². The van der Waals surface area contributed by atoms with E-state index in [4.69, 9.17) is 14.6 Å². The summed E-state index contributed by atoms with van der Waals surface area (Å²) in [7, 11) is 3.05. The smallest absolute Gasteiger partial charge is 0.305 e. The monoisotopic (exact) mass is 381 g/mol. The molecule has 0 radical (unpaired) electrons. The number of hydrogen-bond donors (Lipinski definition) is 1. The van der Waals surface area contributed by atoms with Gasteiger partial charge in [-0.3, -0.25) is 19.3 Å². The number of carboxylic acids is 1. The largest absolute Gasteiger partial charge is 0.497 e. The van der Waals surface area contributed by atoms with Crippen LogP contribution in [-0.2, 0) is 9.59 Å². The SMILES string of the molecule is COc1cc(/C=C2\C(=O)N(CCC(=O)O)C(=O)c3ccccc32)cc(OC)c1. The predicted octanol–water partition coefficient (Wildman–Crippen LogP) is 2.70. The van der Waals surface area contributed by atoms with E-state index in [1.165, 1.54) is 14.2 Å². The third kappa shape index (κ3) is 3.73. The number of benzene rings is 2. The zero-order valence-corrected chi connectivity index (χ0v) is 15.5. The van der Waals surface area contributed by atoms with Gasteiger partial charge in [0.1, 0.15) is 11.5 Å². The van der Waals surface area contributed by atoms with Crippen molar-refractivity contribution in [1.82, 2.24) is 4.90 Å². The van der Waals surface area contributed by atoms with Gasteiger partial charge in [0.15, 0.2) is 0 Å². The summed E-state index contributed by atoms with van der Waals surface area (Å²) < 4.78 is 10.5. The number of fused-ring (bicyclic) bond motifs is 1. The second-order valence-electron chi connectivity index (χ2n) is 6.16. The molecule has 0 saturated carbocycles. The highest BCUT2D eigenvalue weighted by Gasteiger charge is 2.34. The number of nitrogens with zero attached hydrogens (tertiary/aromatic N) is 1. The van der Waals surface area contributed by atoms with E-state index < -0.39 is 17.8 Å². The summed E-state index contributed by atoms with van der Waals surface area (Å²) in [5, 5.41) is 8.94. The van der Waals surface area contributed by atoms with Gasteiger partial charge in [0, 0.05) is 23.7 Å². The summed E-state index contributed by atoms with van der Waals surface area (Å²) in [5.74, 6) is -1.00. The van der Waals surface area contributed by atoms with Crippen molar-refractivity contribution in [1.29, 1.82) is 0 Å². The van der Waals surface area contributed by atoms with Crippen molar-refractivity contribution in [2.24, 2.45) is 0 Å². The molecule has 2 aromatic rings. The summed E-state index contributed by atoms with van der Waals surface area (Å²) in [6, 6.07) is 12.0. The number of carbonyl (C=O) groups is 3. The molecule has 7 nitrogen and oxygen atoms in total. The molecule has 0 aliphatic carbocycles. The molecular weight excluding hydrogens is 362 g/mol. The highest BCUT2D eigenvalue weighted by atomic mass is 16.5. The number of carbonyl (C=O) groups excluding carboxylic acids is 2. The Morgan fingerprint density at radius 1 is 1.00 bits per heavy atom. The first-order valence-electron chi connectivity index (χ1n) is 8.56. The maximum Gasteiger partial charge on any atom is 0.305 e. The van der Waals surface area contributed by atoms with E-state index in [0.717, 1.165) is 4.90 Å². The zero-order valence-electron chi connectivity index (χ0n) is 15.5. The second kappa shape index (κ2) is 7.96. The molecular formula is C21H19NO6. The minimum atomic E-state index is -1.08. The fourth-order valence-corrected chi connectivity index (χ4v) is 3.03. The molecule has 2 aromatic carbocycles. The highest BCUT2D eigenvalue weighted by molar-refractivity contribution is 6.33.